The van der Waals surface area contributed by atoms with Crippen LogP contribution in [0.5, 0.6) is 0 Å². The summed E-state index contributed by atoms with van der Waals surface area (Å²) in [4.78, 5) is 22.6. The summed E-state index contributed by atoms with van der Waals surface area (Å²) in [5.41, 5.74) is -1.84. The van der Waals surface area contributed by atoms with Crippen LogP contribution in [0.2, 0.25) is 0 Å². The molecule has 3 aromatic rings. The van der Waals surface area contributed by atoms with Crippen LogP contribution >= 0.6 is 11.8 Å². The van der Waals surface area contributed by atoms with Gasteiger partial charge in [-0.05, 0) is 36.2 Å². The first-order valence-electron chi connectivity index (χ1n) is 13.6. The number of H-pyrrole nitrogens is 1. The standard InChI is InChI=1S/C30H30F6N4OS/c31-29(32,33)23-15-21(16-24(18-23)30(34,35)36)28(41)40-10-9-39(8-4-3-7-38-11-13-42-14-12-38)20-25(40)17-22-19-37-27-6-2-1-5-26(22)27/h1-2,5-6,15-16,18-19,25,37H,7-14,17,20H2/t25-/m1/s1. The van der Waals surface area contributed by atoms with Gasteiger partial charge in [0.2, 0.25) is 0 Å². The molecule has 42 heavy (non-hydrogen) atoms. The summed E-state index contributed by atoms with van der Waals surface area (Å²) in [6.07, 6.45) is -7.88. The van der Waals surface area contributed by atoms with Crippen LogP contribution in [-0.4, -0.2) is 89.0 Å². The van der Waals surface area contributed by atoms with Crippen molar-refractivity contribution in [2.24, 2.45) is 0 Å². The Morgan fingerprint density at radius 1 is 0.881 bits per heavy atom. The predicted octanol–water partition coefficient (Wildman–Crippen LogP) is 5.63. The van der Waals surface area contributed by atoms with E-state index < -0.39 is 41.0 Å². The summed E-state index contributed by atoms with van der Waals surface area (Å²) in [6, 6.07) is 8.18. The Morgan fingerprint density at radius 2 is 1.52 bits per heavy atom. The molecule has 1 aromatic heterocycles. The number of aromatic nitrogens is 1. The minimum absolute atomic E-state index is 0.0412. The Labute approximate surface area is 244 Å². The average molecular weight is 609 g/mol. The van der Waals surface area contributed by atoms with Crippen molar-refractivity contribution in [1.29, 1.82) is 0 Å². The molecule has 1 N–H and O–H groups in total. The maximum atomic E-state index is 13.6. The number of hydrogen-bond donors (Lipinski definition) is 1. The Kier molecular flexibility index (Phi) is 9.11. The molecule has 2 aliphatic heterocycles. The maximum absolute atomic E-state index is 13.6. The molecule has 5 rings (SSSR count). The Balaban J connectivity index is 1.39. The van der Waals surface area contributed by atoms with E-state index in [1.54, 1.807) is 0 Å². The van der Waals surface area contributed by atoms with Crippen LogP contribution in [0.4, 0.5) is 26.3 Å². The molecule has 1 atom stereocenters. The molecule has 5 nitrogen and oxygen atoms in total. The molecular weight excluding hydrogens is 578 g/mol. The van der Waals surface area contributed by atoms with Crippen molar-refractivity contribution in [3.8, 4) is 11.8 Å². The zero-order valence-corrected chi connectivity index (χ0v) is 23.5. The van der Waals surface area contributed by atoms with Gasteiger partial charge in [-0.2, -0.15) is 38.1 Å². The van der Waals surface area contributed by atoms with E-state index in [2.05, 4.69) is 26.6 Å². The van der Waals surface area contributed by atoms with Crippen molar-refractivity contribution in [2.45, 2.75) is 24.8 Å². The highest BCUT2D eigenvalue weighted by atomic mass is 32.2. The van der Waals surface area contributed by atoms with Crippen LogP contribution in [-0.2, 0) is 18.8 Å². The van der Waals surface area contributed by atoms with Gasteiger partial charge in [0, 0.05) is 72.9 Å². The molecule has 0 radical (unpaired) electrons. The Hall–Kier alpha value is -3.14. The van der Waals surface area contributed by atoms with Crippen LogP contribution in [0.1, 0.15) is 27.0 Å². The second-order valence-electron chi connectivity index (χ2n) is 10.5. The number of aromatic amines is 1. The molecule has 2 aliphatic rings. The minimum atomic E-state index is -5.04. The van der Waals surface area contributed by atoms with Gasteiger partial charge in [-0.1, -0.05) is 30.0 Å². The number of nitrogens with one attached hydrogen (secondary N) is 1. The third-order valence-electron chi connectivity index (χ3n) is 7.63. The van der Waals surface area contributed by atoms with Gasteiger partial charge >= 0.3 is 12.4 Å². The van der Waals surface area contributed by atoms with E-state index in [1.807, 2.05) is 42.2 Å². The number of amides is 1. The van der Waals surface area contributed by atoms with Crippen LogP contribution in [0.25, 0.3) is 10.9 Å². The van der Waals surface area contributed by atoms with E-state index >= 15 is 0 Å². The SMILES string of the molecule is O=C(c1cc(C(F)(F)F)cc(C(F)(F)F)c1)N1CCN(CC#CCN2CCSCC2)C[C@H]1Cc1c[nH]c2ccccc12. The minimum Gasteiger partial charge on any atom is -0.361 e. The molecule has 0 spiro atoms. The molecule has 2 saturated heterocycles. The quantitative estimate of drug-likeness (QED) is 0.302. The fraction of sp³-hybridized carbons (Fsp3) is 0.433. The number of para-hydroxylation sites is 1. The topological polar surface area (TPSA) is 42.6 Å². The highest BCUT2D eigenvalue weighted by Crippen LogP contribution is 2.37. The number of benzene rings is 2. The van der Waals surface area contributed by atoms with Gasteiger partial charge in [0.15, 0.2) is 0 Å². The summed E-state index contributed by atoms with van der Waals surface area (Å²) in [5.74, 6) is 7.73. The number of nitrogens with zero attached hydrogens (tertiary/aromatic N) is 3. The van der Waals surface area contributed by atoms with Crippen LogP contribution < -0.4 is 0 Å². The number of hydrogen-bond acceptors (Lipinski definition) is 4. The first kappa shape index (κ1) is 30.3. The number of carbonyl (C=O) groups is 1. The summed E-state index contributed by atoms with van der Waals surface area (Å²) >= 11 is 1.92. The van der Waals surface area contributed by atoms with Crippen molar-refractivity contribution in [3.63, 3.8) is 0 Å². The first-order valence-corrected chi connectivity index (χ1v) is 14.8. The average Bonchev–Trinajstić information content (AvgIpc) is 3.37. The second-order valence-corrected chi connectivity index (χ2v) is 11.7. The van der Waals surface area contributed by atoms with E-state index in [0.717, 1.165) is 41.1 Å². The third-order valence-corrected chi connectivity index (χ3v) is 8.57. The molecule has 1 amide bonds. The molecular formula is C30H30F6N4OS. The van der Waals surface area contributed by atoms with E-state index in [1.165, 1.54) is 4.90 Å². The molecule has 2 fully saturated rings. The lowest BCUT2D eigenvalue weighted by atomic mass is 9.98. The van der Waals surface area contributed by atoms with Crippen molar-refractivity contribution in [2.75, 3.05) is 57.3 Å². The summed E-state index contributed by atoms with van der Waals surface area (Å²) in [7, 11) is 0. The van der Waals surface area contributed by atoms with Gasteiger partial charge in [-0.3, -0.25) is 14.6 Å². The third kappa shape index (κ3) is 7.25. The highest BCUT2D eigenvalue weighted by Gasteiger charge is 2.39. The molecule has 0 aliphatic carbocycles. The van der Waals surface area contributed by atoms with Crippen molar-refractivity contribution in [1.82, 2.24) is 19.7 Å². The van der Waals surface area contributed by atoms with E-state index in [4.69, 9.17) is 0 Å². The van der Waals surface area contributed by atoms with Crippen molar-refractivity contribution < 1.29 is 31.1 Å². The lowest BCUT2D eigenvalue weighted by molar-refractivity contribution is -0.143. The Bertz CT molecular complexity index is 1440. The van der Waals surface area contributed by atoms with Gasteiger partial charge in [-0.25, -0.2) is 0 Å². The lowest BCUT2D eigenvalue weighted by Crippen LogP contribution is -2.56. The first-order chi connectivity index (χ1) is 20.0. The highest BCUT2D eigenvalue weighted by molar-refractivity contribution is 7.99. The van der Waals surface area contributed by atoms with Crippen molar-refractivity contribution >= 4 is 28.6 Å². The van der Waals surface area contributed by atoms with Crippen LogP contribution in [0, 0.1) is 11.8 Å². The molecule has 0 unspecified atom stereocenters. The Morgan fingerprint density at radius 3 is 2.19 bits per heavy atom. The van der Waals surface area contributed by atoms with Gasteiger partial charge < -0.3 is 9.88 Å². The monoisotopic (exact) mass is 608 g/mol. The smallest absolute Gasteiger partial charge is 0.361 e. The number of rotatable bonds is 5. The van der Waals surface area contributed by atoms with Gasteiger partial charge in [-0.15, -0.1) is 0 Å². The van der Waals surface area contributed by atoms with Gasteiger partial charge in [0.05, 0.1) is 24.2 Å². The van der Waals surface area contributed by atoms with E-state index in [9.17, 15) is 31.1 Å². The number of piperazine rings is 1. The molecule has 2 aromatic carbocycles. The predicted molar refractivity (Wildman–Crippen MR) is 151 cm³/mol. The zero-order valence-electron chi connectivity index (χ0n) is 22.7. The van der Waals surface area contributed by atoms with Crippen molar-refractivity contribution in [3.05, 3.63) is 70.9 Å². The molecule has 12 heteroatoms. The van der Waals surface area contributed by atoms with Crippen LogP contribution in [0.15, 0.2) is 48.7 Å². The maximum Gasteiger partial charge on any atom is 0.416 e. The molecule has 0 bridgehead atoms. The van der Waals surface area contributed by atoms with Gasteiger partial charge in [0.1, 0.15) is 0 Å². The fourth-order valence-electron chi connectivity index (χ4n) is 5.40. The summed E-state index contributed by atoms with van der Waals surface area (Å²) < 4.78 is 81.1. The largest absolute Gasteiger partial charge is 0.416 e. The normalized spacial score (nSPS) is 19.1. The number of thioether (sulfide) groups is 1. The molecule has 224 valence electrons. The second kappa shape index (κ2) is 12.6. The van der Waals surface area contributed by atoms with E-state index in [0.29, 0.717) is 44.7 Å². The van der Waals surface area contributed by atoms with Gasteiger partial charge in [0.25, 0.3) is 5.91 Å². The van der Waals surface area contributed by atoms with Crippen LogP contribution in [0.3, 0.4) is 0 Å². The lowest BCUT2D eigenvalue weighted by Gasteiger charge is -2.41. The fourth-order valence-corrected chi connectivity index (χ4v) is 6.38. The number of alkyl halides is 6. The molecule has 0 saturated carbocycles. The number of fused-ring (bicyclic) bond motifs is 1. The number of halogens is 6. The molecule has 3 heterocycles. The summed E-state index contributed by atoms with van der Waals surface area (Å²) in [6.45, 7) is 4.05. The number of carbonyl (C=O) groups excluding carboxylic acids is 1. The summed E-state index contributed by atoms with van der Waals surface area (Å²) in [5, 5.41) is 0.944. The van der Waals surface area contributed by atoms with E-state index in [-0.39, 0.29) is 12.6 Å². The zero-order chi connectivity index (χ0) is 29.9.